The molecule has 90 valence electrons. The van der Waals surface area contributed by atoms with Crippen molar-refractivity contribution >= 4 is 33.4 Å². The second-order valence-electron chi connectivity index (χ2n) is 3.76. The van der Waals surface area contributed by atoms with Crippen LogP contribution in [0.25, 0.3) is 0 Å². The molecule has 0 spiro atoms. The SMILES string of the molecule is CS(=O)(=O)CCCNCC1CSCCS1. The maximum absolute atomic E-state index is 10.9. The molecule has 0 bridgehead atoms. The van der Waals surface area contributed by atoms with E-state index < -0.39 is 9.84 Å². The average molecular weight is 269 g/mol. The summed E-state index contributed by atoms with van der Waals surface area (Å²) >= 11 is 4.04. The van der Waals surface area contributed by atoms with Gasteiger partial charge in [0.2, 0.25) is 0 Å². The van der Waals surface area contributed by atoms with Gasteiger partial charge in [-0.1, -0.05) is 0 Å². The Morgan fingerprint density at radius 3 is 2.80 bits per heavy atom. The van der Waals surface area contributed by atoms with Crippen LogP contribution in [0.5, 0.6) is 0 Å². The third-order valence-electron chi connectivity index (χ3n) is 2.13. The zero-order chi connectivity index (χ0) is 11.1. The predicted octanol–water partition coefficient (Wildman–Crippen LogP) is 0.859. The van der Waals surface area contributed by atoms with Crippen molar-refractivity contribution in [3.05, 3.63) is 0 Å². The second kappa shape index (κ2) is 7.04. The highest BCUT2D eigenvalue weighted by Gasteiger charge is 2.13. The molecule has 1 aliphatic rings. The van der Waals surface area contributed by atoms with Crippen molar-refractivity contribution in [2.75, 3.05) is 42.4 Å². The van der Waals surface area contributed by atoms with Crippen LogP contribution in [0, 0.1) is 0 Å². The number of hydrogen-bond donors (Lipinski definition) is 1. The summed E-state index contributed by atoms with van der Waals surface area (Å²) in [6, 6.07) is 0. The van der Waals surface area contributed by atoms with Crippen LogP contribution in [-0.4, -0.2) is 56.0 Å². The number of thioether (sulfide) groups is 2. The van der Waals surface area contributed by atoms with Gasteiger partial charge in [0.05, 0.1) is 5.75 Å². The lowest BCUT2D eigenvalue weighted by molar-refractivity contribution is 0.594. The van der Waals surface area contributed by atoms with Crippen molar-refractivity contribution in [2.24, 2.45) is 0 Å². The predicted molar refractivity (Wildman–Crippen MR) is 70.8 cm³/mol. The van der Waals surface area contributed by atoms with Crippen molar-refractivity contribution < 1.29 is 8.42 Å². The fourth-order valence-electron chi connectivity index (χ4n) is 1.38. The first-order valence-electron chi connectivity index (χ1n) is 5.16. The van der Waals surface area contributed by atoms with Crippen molar-refractivity contribution in [1.29, 1.82) is 0 Å². The van der Waals surface area contributed by atoms with Gasteiger partial charge in [0, 0.05) is 35.3 Å². The summed E-state index contributed by atoms with van der Waals surface area (Å²) in [7, 11) is -2.78. The molecule has 1 aliphatic heterocycles. The highest BCUT2D eigenvalue weighted by molar-refractivity contribution is 8.06. The first-order chi connectivity index (χ1) is 7.08. The molecule has 3 nitrogen and oxygen atoms in total. The number of hydrogen-bond acceptors (Lipinski definition) is 5. The molecule has 0 amide bonds. The molecule has 1 heterocycles. The zero-order valence-electron chi connectivity index (χ0n) is 9.07. The Labute approximate surface area is 101 Å². The van der Waals surface area contributed by atoms with Crippen LogP contribution in [-0.2, 0) is 9.84 Å². The lowest BCUT2D eigenvalue weighted by atomic mass is 10.4. The van der Waals surface area contributed by atoms with Crippen LogP contribution >= 0.6 is 23.5 Å². The van der Waals surface area contributed by atoms with Crippen molar-refractivity contribution in [2.45, 2.75) is 11.7 Å². The van der Waals surface area contributed by atoms with Crippen LogP contribution in [0.1, 0.15) is 6.42 Å². The van der Waals surface area contributed by atoms with Crippen molar-refractivity contribution in [3.63, 3.8) is 0 Å². The topological polar surface area (TPSA) is 46.2 Å². The summed E-state index contributed by atoms with van der Waals surface area (Å²) in [6.45, 7) is 1.83. The van der Waals surface area contributed by atoms with Gasteiger partial charge in [-0.3, -0.25) is 0 Å². The highest BCUT2D eigenvalue weighted by atomic mass is 32.2. The summed E-state index contributed by atoms with van der Waals surface area (Å²) in [5.41, 5.74) is 0. The molecule has 1 fully saturated rings. The molecule has 15 heavy (non-hydrogen) atoms. The number of sulfone groups is 1. The Hall–Kier alpha value is 0.610. The lowest BCUT2D eigenvalue weighted by Crippen LogP contribution is -2.30. The van der Waals surface area contributed by atoms with Gasteiger partial charge in [0.1, 0.15) is 9.84 Å². The molecule has 0 radical (unpaired) electrons. The lowest BCUT2D eigenvalue weighted by Gasteiger charge is -2.21. The summed E-state index contributed by atoms with van der Waals surface area (Å²) < 4.78 is 21.7. The van der Waals surface area contributed by atoms with Gasteiger partial charge >= 0.3 is 0 Å². The van der Waals surface area contributed by atoms with E-state index in [0.717, 1.165) is 19.5 Å². The maximum Gasteiger partial charge on any atom is 0.147 e. The Morgan fingerprint density at radius 2 is 2.20 bits per heavy atom. The maximum atomic E-state index is 10.9. The molecule has 1 saturated heterocycles. The Kier molecular flexibility index (Phi) is 6.42. The van der Waals surface area contributed by atoms with Gasteiger partial charge < -0.3 is 5.32 Å². The third-order valence-corrected chi connectivity index (χ3v) is 6.00. The molecule has 1 N–H and O–H groups in total. The smallest absolute Gasteiger partial charge is 0.147 e. The monoisotopic (exact) mass is 269 g/mol. The van der Waals surface area contributed by atoms with E-state index in [1.54, 1.807) is 0 Å². The fraction of sp³-hybridized carbons (Fsp3) is 1.00. The molecule has 0 saturated carbocycles. The van der Waals surface area contributed by atoms with Crippen LogP contribution in [0.3, 0.4) is 0 Å². The van der Waals surface area contributed by atoms with E-state index in [1.165, 1.54) is 23.5 Å². The highest BCUT2D eigenvalue weighted by Crippen LogP contribution is 2.23. The molecule has 0 aromatic heterocycles. The quantitative estimate of drug-likeness (QED) is 0.725. The van der Waals surface area contributed by atoms with Gasteiger partial charge in [-0.15, -0.1) is 0 Å². The van der Waals surface area contributed by atoms with Crippen LogP contribution in [0.15, 0.2) is 0 Å². The Bertz CT molecular complexity index is 261. The van der Waals surface area contributed by atoms with E-state index in [4.69, 9.17) is 0 Å². The van der Waals surface area contributed by atoms with Gasteiger partial charge in [-0.2, -0.15) is 23.5 Å². The minimum absolute atomic E-state index is 0.298. The molecule has 0 aliphatic carbocycles. The summed E-state index contributed by atoms with van der Waals surface area (Å²) in [4.78, 5) is 0. The minimum atomic E-state index is -2.78. The summed E-state index contributed by atoms with van der Waals surface area (Å²) in [5.74, 6) is 4.05. The molecule has 0 aromatic rings. The zero-order valence-corrected chi connectivity index (χ0v) is 11.5. The van der Waals surface area contributed by atoms with E-state index in [2.05, 4.69) is 5.32 Å². The molecule has 0 aromatic carbocycles. The minimum Gasteiger partial charge on any atom is -0.316 e. The number of nitrogens with one attached hydrogen (secondary N) is 1. The molecular formula is C9H19NO2S3. The summed E-state index contributed by atoms with van der Waals surface area (Å²) in [5, 5.41) is 4.04. The molecule has 1 rings (SSSR count). The molecule has 1 atom stereocenters. The van der Waals surface area contributed by atoms with Crippen LogP contribution in [0.4, 0.5) is 0 Å². The molecular weight excluding hydrogens is 250 g/mol. The first-order valence-corrected chi connectivity index (χ1v) is 9.42. The molecule has 6 heteroatoms. The first kappa shape index (κ1) is 13.7. The van der Waals surface area contributed by atoms with Crippen molar-refractivity contribution in [3.8, 4) is 0 Å². The van der Waals surface area contributed by atoms with Gasteiger partial charge in [-0.05, 0) is 13.0 Å². The Morgan fingerprint density at radius 1 is 1.40 bits per heavy atom. The normalized spacial score (nSPS) is 22.9. The van der Waals surface area contributed by atoms with E-state index in [1.807, 2.05) is 23.5 Å². The fourth-order valence-corrected chi connectivity index (χ4v) is 4.69. The van der Waals surface area contributed by atoms with Crippen LogP contribution in [0.2, 0.25) is 0 Å². The van der Waals surface area contributed by atoms with E-state index in [0.29, 0.717) is 11.0 Å². The standard InChI is InChI=1S/C9H19NO2S3/c1-15(11,12)6-2-3-10-7-9-8-13-4-5-14-9/h9-10H,2-8H2,1H3. The summed E-state index contributed by atoms with van der Waals surface area (Å²) in [6.07, 6.45) is 2.02. The number of rotatable bonds is 6. The molecule has 1 unspecified atom stereocenters. The van der Waals surface area contributed by atoms with Gasteiger partial charge in [0.15, 0.2) is 0 Å². The van der Waals surface area contributed by atoms with Gasteiger partial charge in [0.25, 0.3) is 0 Å². The van der Waals surface area contributed by atoms with E-state index in [-0.39, 0.29) is 0 Å². The van der Waals surface area contributed by atoms with Crippen LogP contribution < -0.4 is 5.32 Å². The van der Waals surface area contributed by atoms with E-state index >= 15 is 0 Å². The Balaban J connectivity index is 1.96. The van der Waals surface area contributed by atoms with Crippen molar-refractivity contribution in [1.82, 2.24) is 5.32 Å². The average Bonchev–Trinajstić information content (AvgIpc) is 2.17. The van der Waals surface area contributed by atoms with Gasteiger partial charge in [-0.25, -0.2) is 8.42 Å². The van der Waals surface area contributed by atoms with E-state index in [9.17, 15) is 8.42 Å². The second-order valence-corrected chi connectivity index (χ2v) is 8.57. The third kappa shape index (κ3) is 7.49. The largest absolute Gasteiger partial charge is 0.316 e.